The maximum Gasteiger partial charge on any atom is 0.0431 e. The van der Waals surface area contributed by atoms with Crippen molar-refractivity contribution < 1.29 is 5.11 Å². The van der Waals surface area contributed by atoms with Crippen LogP contribution in [0.3, 0.4) is 0 Å². The second-order valence-corrected chi connectivity index (χ2v) is 7.35. The zero-order valence-corrected chi connectivity index (χ0v) is 16.0. The normalized spacial score (nSPS) is 12.7. The summed E-state index contributed by atoms with van der Waals surface area (Å²) in [5.41, 5.74) is 5.79. The van der Waals surface area contributed by atoms with Gasteiger partial charge >= 0.3 is 0 Å². The topological polar surface area (TPSA) is 46.2 Å². The van der Waals surface area contributed by atoms with Crippen LogP contribution in [0.5, 0.6) is 0 Å². The van der Waals surface area contributed by atoms with E-state index in [2.05, 4.69) is 6.92 Å². The van der Waals surface area contributed by atoms with Crippen molar-refractivity contribution in [3.05, 3.63) is 0 Å². The Balaban J connectivity index is 3.12. The molecule has 0 bridgehead atoms. The van der Waals surface area contributed by atoms with Crippen LogP contribution in [0.15, 0.2) is 0 Å². The number of rotatable bonds is 19. The van der Waals surface area contributed by atoms with Gasteiger partial charge in [0.2, 0.25) is 0 Å². The lowest BCUT2D eigenvalue weighted by Crippen LogP contribution is -2.14. The van der Waals surface area contributed by atoms with E-state index < -0.39 is 0 Å². The van der Waals surface area contributed by atoms with E-state index in [9.17, 15) is 0 Å². The molecule has 0 aromatic heterocycles. The Bertz CT molecular complexity index is 208. The number of hydrogen-bond donors (Lipinski definition) is 2. The molecule has 23 heavy (non-hydrogen) atoms. The fourth-order valence-electron chi connectivity index (χ4n) is 3.39. The monoisotopic (exact) mass is 327 g/mol. The number of unbranched alkanes of at least 4 members (excludes halogenated alkanes) is 13. The highest BCUT2D eigenvalue weighted by Crippen LogP contribution is 2.16. The molecule has 140 valence electrons. The molecule has 1 unspecified atom stereocenters. The Labute approximate surface area is 146 Å². The summed E-state index contributed by atoms with van der Waals surface area (Å²) in [5, 5.41) is 8.86. The van der Waals surface area contributed by atoms with Crippen molar-refractivity contribution in [3.8, 4) is 0 Å². The van der Waals surface area contributed by atoms with Gasteiger partial charge < -0.3 is 10.8 Å². The predicted molar refractivity (Wildman–Crippen MR) is 104 cm³/mol. The largest absolute Gasteiger partial charge is 0.396 e. The van der Waals surface area contributed by atoms with Crippen LogP contribution < -0.4 is 5.73 Å². The highest BCUT2D eigenvalue weighted by molar-refractivity contribution is 4.60. The van der Waals surface area contributed by atoms with E-state index in [0.29, 0.717) is 12.5 Å². The van der Waals surface area contributed by atoms with Gasteiger partial charge in [0.1, 0.15) is 0 Å². The van der Waals surface area contributed by atoms with Gasteiger partial charge in [-0.25, -0.2) is 0 Å². The van der Waals surface area contributed by atoms with Crippen molar-refractivity contribution in [1.29, 1.82) is 0 Å². The first-order chi connectivity index (χ1) is 11.3. The summed E-state index contributed by atoms with van der Waals surface area (Å²) in [6, 6.07) is 0. The quantitative estimate of drug-likeness (QED) is 0.277. The van der Waals surface area contributed by atoms with Crippen LogP contribution in [0.1, 0.15) is 116 Å². The summed E-state index contributed by atoms with van der Waals surface area (Å²) >= 11 is 0. The fraction of sp³-hybridized carbons (Fsp3) is 1.00. The van der Waals surface area contributed by atoms with E-state index in [-0.39, 0.29) is 0 Å². The average Bonchev–Trinajstić information content (AvgIpc) is 2.57. The number of aliphatic hydroxyl groups excluding tert-OH is 1. The second kappa shape index (κ2) is 20.0. The van der Waals surface area contributed by atoms with Gasteiger partial charge in [0.15, 0.2) is 0 Å². The fourth-order valence-corrected chi connectivity index (χ4v) is 3.39. The van der Waals surface area contributed by atoms with Crippen LogP contribution in [0, 0.1) is 5.92 Å². The summed E-state index contributed by atoms with van der Waals surface area (Å²) in [7, 11) is 0. The first-order valence-electron chi connectivity index (χ1n) is 10.7. The van der Waals surface area contributed by atoms with Gasteiger partial charge in [0, 0.05) is 6.61 Å². The molecule has 3 N–H and O–H groups in total. The highest BCUT2D eigenvalue weighted by Gasteiger charge is 2.05. The Morgan fingerprint density at radius 2 is 1.00 bits per heavy atom. The van der Waals surface area contributed by atoms with Gasteiger partial charge in [-0.05, 0) is 31.7 Å². The van der Waals surface area contributed by atoms with E-state index in [1.54, 1.807) is 0 Å². The Morgan fingerprint density at radius 1 is 0.609 bits per heavy atom. The zero-order chi connectivity index (χ0) is 17.0. The Morgan fingerprint density at radius 3 is 1.39 bits per heavy atom. The minimum absolute atomic E-state index is 0.315. The van der Waals surface area contributed by atoms with E-state index in [1.807, 2.05) is 0 Å². The molecule has 0 rings (SSSR count). The molecule has 0 aromatic carbocycles. The van der Waals surface area contributed by atoms with Gasteiger partial charge in [0.25, 0.3) is 0 Å². The van der Waals surface area contributed by atoms with Gasteiger partial charge in [-0.2, -0.15) is 0 Å². The molecule has 0 saturated carbocycles. The number of nitrogens with two attached hydrogens (primary N) is 1. The number of aliphatic hydroxyl groups is 1. The van der Waals surface area contributed by atoms with Crippen molar-refractivity contribution in [3.63, 3.8) is 0 Å². The summed E-state index contributed by atoms with van der Waals surface area (Å²) in [5.74, 6) is 0.638. The lowest BCUT2D eigenvalue weighted by molar-refractivity contribution is 0.268. The first kappa shape index (κ1) is 22.9. The molecule has 0 aliphatic rings. The van der Waals surface area contributed by atoms with Crippen LogP contribution in [0.2, 0.25) is 0 Å². The molecular formula is C21H45NO. The van der Waals surface area contributed by atoms with Crippen molar-refractivity contribution in [2.45, 2.75) is 116 Å². The molecule has 0 aliphatic heterocycles. The molecule has 2 heteroatoms. The van der Waals surface area contributed by atoms with Crippen LogP contribution >= 0.6 is 0 Å². The molecule has 0 saturated heterocycles. The summed E-state index contributed by atoms with van der Waals surface area (Å²) in [6.45, 7) is 3.39. The van der Waals surface area contributed by atoms with Crippen molar-refractivity contribution in [2.24, 2.45) is 11.7 Å². The van der Waals surface area contributed by atoms with Gasteiger partial charge in [0.05, 0.1) is 0 Å². The SMILES string of the molecule is CCCCCCCCCCCCCCCCC(CN)CCCO. The van der Waals surface area contributed by atoms with Crippen molar-refractivity contribution in [1.82, 2.24) is 0 Å². The molecule has 2 nitrogen and oxygen atoms in total. The van der Waals surface area contributed by atoms with Gasteiger partial charge in [-0.15, -0.1) is 0 Å². The second-order valence-electron chi connectivity index (χ2n) is 7.35. The van der Waals surface area contributed by atoms with Crippen LogP contribution in [-0.4, -0.2) is 18.3 Å². The standard InChI is InChI=1S/C21H45NO/c1-2-3-4-5-6-7-8-9-10-11-12-13-14-15-17-21(20-22)18-16-19-23/h21,23H,2-20,22H2,1H3. The Hall–Kier alpha value is -0.0800. The summed E-state index contributed by atoms with van der Waals surface area (Å²) in [6.07, 6.45) is 23.2. The van der Waals surface area contributed by atoms with Gasteiger partial charge in [-0.1, -0.05) is 96.8 Å². The average molecular weight is 328 g/mol. The molecule has 0 spiro atoms. The third-order valence-corrected chi connectivity index (χ3v) is 5.07. The molecule has 0 amide bonds. The molecule has 0 aromatic rings. The van der Waals surface area contributed by atoms with E-state index >= 15 is 0 Å². The molecule has 0 fully saturated rings. The van der Waals surface area contributed by atoms with Crippen molar-refractivity contribution in [2.75, 3.05) is 13.2 Å². The van der Waals surface area contributed by atoms with Crippen LogP contribution in [0.4, 0.5) is 0 Å². The first-order valence-corrected chi connectivity index (χ1v) is 10.7. The lowest BCUT2D eigenvalue weighted by Gasteiger charge is -2.13. The Kier molecular flexibility index (Phi) is 19.9. The third-order valence-electron chi connectivity index (χ3n) is 5.07. The van der Waals surface area contributed by atoms with Crippen LogP contribution in [-0.2, 0) is 0 Å². The third kappa shape index (κ3) is 18.1. The maximum absolute atomic E-state index is 8.86. The summed E-state index contributed by atoms with van der Waals surface area (Å²) in [4.78, 5) is 0. The highest BCUT2D eigenvalue weighted by atomic mass is 16.2. The van der Waals surface area contributed by atoms with Crippen molar-refractivity contribution >= 4 is 0 Å². The lowest BCUT2D eigenvalue weighted by atomic mass is 9.96. The smallest absolute Gasteiger partial charge is 0.0431 e. The number of hydrogen-bond acceptors (Lipinski definition) is 2. The molecular weight excluding hydrogens is 282 g/mol. The molecule has 0 heterocycles. The summed E-state index contributed by atoms with van der Waals surface area (Å²) < 4.78 is 0. The van der Waals surface area contributed by atoms with Gasteiger partial charge in [-0.3, -0.25) is 0 Å². The van der Waals surface area contributed by atoms with Crippen LogP contribution in [0.25, 0.3) is 0 Å². The molecule has 0 aliphatic carbocycles. The van der Waals surface area contributed by atoms with E-state index in [0.717, 1.165) is 19.4 Å². The maximum atomic E-state index is 8.86. The minimum Gasteiger partial charge on any atom is -0.396 e. The predicted octanol–water partition coefficient (Wildman–Crippen LogP) is 6.21. The zero-order valence-electron chi connectivity index (χ0n) is 16.0. The van der Waals surface area contributed by atoms with E-state index in [4.69, 9.17) is 10.8 Å². The molecule has 1 atom stereocenters. The van der Waals surface area contributed by atoms with E-state index in [1.165, 1.54) is 96.3 Å². The minimum atomic E-state index is 0.315. The molecule has 0 radical (unpaired) electrons.